The third kappa shape index (κ3) is 2.72. The highest BCUT2D eigenvalue weighted by atomic mass is 16.4. The van der Waals surface area contributed by atoms with Crippen molar-refractivity contribution in [2.45, 2.75) is 20.8 Å². The number of rotatable bonds is 2. The lowest BCUT2D eigenvalue weighted by Gasteiger charge is -2.37. The standard InChI is InChI=1S/C11H20N4O3/c1-8(16)14-4-6-15(7-5-14)10(17)11(2,3)9(12)13-18/h18H,4-7H2,1-3H3,(H2,12,13). The van der Waals surface area contributed by atoms with Crippen LogP contribution in [0.2, 0.25) is 0 Å². The second-order valence-electron chi connectivity index (χ2n) is 4.91. The van der Waals surface area contributed by atoms with Crippen LogP contribution in [0.5, 0.6) is 0 Å². The molecule has 0 aliphatic carbocycles. The van der Waals surface area contributed by atoms with Crippen LogP contribution in [-0.2, 0) is 9.59 Å². The fraction of sp³-hybridized carbons (Fsp3) is 0.727. The van der Waals surface area contributed by atoms with Crippen LogP contribution in [0.4, 0.5) is 0 Å². The lowest BCUT2D eigenvalue weighted by Crippen LogP contribution is -2.55. The first-order valence-corrected chi connectivity index (χ1v) is 5.83. The molecule has 102 valence electrons. The monoisotopic (exact) mass is 256 g/mol. The van der Waals surface area contributed by atoms with Crippen molar-refractivity contribution in [3.8, 4) is 0 Å². The second-order valence-corrected chi connectivity index (χ2v) is 4.91. The van der Waals surface area contributed by atoms with E-state index in [1.807, 2.05) is 0 Å². The molecule has 3 N–H and O–H groups in total. The van der Waals surface area contributed by atoms with E-state index in [9.17, 15) is 9.59 Å². The van der Waals surface area contributed by atoms with Crippen LogP contribution in [-0.4, -0.2) is 58.8 Å². The van der Waals surface area contributed by atoms with Crippen LogP contribution in [0.1, 0.15) is 20.8 Å². The molecule has 0 aromatic carbocycles. The van der Waals surface area contributed by atoms with Crippen molar-refractivity contribution in [3.05, 3.63) is 0 Å². The minimum absolute atomic E-state index is 0.0118. The van der Waals surface area contributed by atoms with Gasteiger partial charge in [-0.1, -0.05) is 5.16 Å². The summed E-state index contributed by atoms with van der Waals surface area (Å²) >= 11 is 0. The number of carbonyl (C=O) groups is 2. The first kappa shape index (κ1) is 14.3. The zero-order valence-corrected chi connectivity index (χ0v) is 11.0. The van der Waals surface area contributed by atoms with E-state index in [0.717, 1.165) is 0 Å². The quantitative estimate of drug-likeness (QED) is 0.300. The summed E-state index contributed by atoms with van der Waals surface area (Å²) in [4.78, 5) is 26.8. The molecule has 1 aliphatic heterocycles. The zero-order chi connectivity index (χ0) is 13.9. The lowest BCUT2D eigenvalue weighted by atomic mass is 9.90. The van der Waals surface area contributed by atoms with E-state index < -0.39 is 5.41 Å². The number of nitrogens with two attached hydrogens (primary N) is 1. The molecule has 0 atom stereocenters. The Labute approximate surface area is 106 Å². The highest BCUT2D eigenvalue weighted by molar-refractivity contribution is 6.05. The van der Waals surface area contributed by atoms with Crippen molar-refractivity contribution < 1.29 is 14.8 Å². The number of oxime groups is 1. The van der Waals surface area contributed by atoms with Gasteiger partial charge in [0, 0.05) is 33.1 Å². The molecule has 0 aromatic heterocycles. The smallest absolute Gasteiger partial charge is 0.236 e. The SMILES string of the molecule is CC(=O)N1CCN(C(=O)C(C)(C)C(N)=NO)CC1. The first-order valence-electron chi connectivity index (χ1n) is 5.83. The molecule has 0 saturated carbocycles. The molecule has 0 spiro atoms. The average Bonchev–Trinajstić information content (AvgIpc) is 2.36. The van der Waals surface area contributed by atoms with Crippen molar-refractivity contribution in [1.29, 1.82) is 0 Å². The summed E-state index contributed by atoms with van der Waals surface area (Å²) in [5.74, 6) is -0.291. The number of amidine groups is 1. The first-order chi connectivity index (χ1) is 8.30. The predicted molar refractivity (Wildman–Crippen MR) is 66.0 cm³/mol. The van der Waals surface area contributed by atoms with Crippen LogP contribution < -0.4 is 5.73 Å². The van der Waals surface area contributed by atoms with Crippen LogP contribution >= 0.6 is 0 Å². The zero-order valence-electron chi connectivity index (χ0n) is 11.0. The Bertz CT molecular complexity index is 370. The topological polar surface area (TPSA) is 99.2 Å². The third-order valence-corrected chi connectivity index (χ3v) is 3.29. The minimum Gasteiger partial charge on any atom is -0.409 e. The summed E-state index contributed by atoms with van der Waals surface area (Å²) in [6, 6.07) is 0. The van der Waals surface area contributed by atoms with E-state index in [2.05, 4.69) is 5.16 Å². The Morgan fingerprint density at radius 2 is 1.61 bits per heavy atom. The highest BCUT2D eigenvalue weighted by Gasteiger charge is 2.37. The number of nitrogens with zero attached hydrogens (tertiary/aromatic N) is 3. The largest absolute Gasteiger partial charge is 0.409 e. The van der Waals surface area contributed by atoms with Gasteiger partial charge in [-0.3, -0.25) is 9.59 Å². The van der Waals surface area contributed by atoms with Gasteiger partial charge < -0.3 is 20.7 Å². The van der Waals surface area contributed by atoms with Crippen molar-refractivity contribution >= 4 is 17.6 Å². The Balaban J connectivity index is 2.68. The Kier molecular flexibility index (Phi) is 4.15. The molecule has 0 radical (unpaired) electrons. The van der Waals surface area contributed by atoms with E-state index in [1.54, 1.807) is 23.6 Å². The number of carbonyl (C=O) groups excluding carboxylic acids is 2. The van der Waals surface area contributed by atoms with Gasteiger partial charge in [0.1, 0.15) is 5.41 Å². The summed E-state index contributed by atoms with van der Waals surface area (Å²) in [6.45, 7) is 6.73. The van der Waals surface area contributed by atoms with E-state index in [-0.39, 0.29) is 17.6 Å². The molecule has 0 aromatic rings. The van der Waals surface area contributed by atoms with Crippen molar-refractivity contribution in [2.75, 3.05) is 26.2 Å². The van der Waals surface area contributed by atoms with Gasteiger partial charge in [0.15, 0.2) is 5.84 Å². The fourth-order valence-electron chi connectivity index (χ4n) is 1.85. The normalized spacial score (nSPS) is 17.8. The maximum atomic E-state index is 12.2. The molecule has 0 bridgehead atoms. The minimum atomic E-state index is -1.03. The molecule has 1 rings (SSSR count). The van der Waals surface area contributed by atoms with Gasteiger partial charge in [0.05, 0.1) is 0 Å². The second kappa shape index (κ2) is 5.24. The molecule has 18 heavy (non-hydrogen) atoms. The molecule has 2 amide bonds. The number of amides is 2. The summed E-state index contributed by atoms with van der Waals surface area (Å²) in [7, 11) is 0. The third-order valence-electron chi connectivity index (χ3n) is 3.29. The molecule has 0 unspecified atom stereocenters. The Morgan fingerprint density at radius 1 is 1.17 bits per heavy atom. The van der Waals surface area contributed by atoms with E-state index in [1.165, 1.54) is 6.92 Å². The molecule has 1 aliphatic rings. The van der Waals surface area contributed by atoms with Gasteiger partial charge in [-0.05, 0) is 13.8 Å². The summed E-state index contributed by atoms with van der Waals surface area (Å²) in [5.41, 5.74) is 4.49. The van der Waals surface area contributed by atoms with Crippen molar-refractivity contribution in [1.82, 2.24) is 9.80 Å². The number of hydrogen-bond acceptors (Lipinski definition) is 4. The van der Waals surface area contributed by atoms with Gasteiger partial charge in [0.25, 0.3) is 0 Å². The number of hydrogen-bond donors (Lipinski definition) is 2. The van der Waals surface area contributed by atoms with Gasteiger partial charge in [-0.25, -0.2) is 0 Å². The van der Waals surface area contributed by atoms with Crippen molar-refractivity contribution in [3.63, 3.8) is 0 Å². The molecule has 1 heterocycles. The van der Waals surface area contributed by atoms with Gasteiger partial charge in [-0.15, -0.1) is 0 Å². The molecule has 1 saturated heterocycles. The van der Waals surface area contributed by atoms with Crippen molar-refractivity contribution in [2.24, 2.45) is 16.3 Å². The molecular formula is C11H20N4O3. The average molecular weight is 256 g/mol. The molecule has 1 fully saturated rings. The van der Waals surface area contributed by atoms with Gasteiger partial charge in [-0.2, -0.15) is 0 Å². The summed E-state index contributed by atoms with van der Waals surface area (Å²) in [6.07, 6.45) is 0. The van der Waals surface area contributed by atoms with Crippen LogP contribution in [0.3, 0.4) is 0 Å². The summed E-state index contributed by atoms with van der Waals surface area (Å²) in [5, 5.41) is 11.6. The Morgan fingerprint density at radius 3 is 2.00 bits per heavy atom. The van der Waals surface area contributed by atoms with Gasteiger partial charge >= 0.3 is 0 Å². The van der Waals surface area contributed by atoms with E-state index in [0.29, 0.717) is 26.2 Å². The maximum Gasteiger partial charge on any atom is 0.236 e. The van der Waals surface area contributed by atoms with Crippen LogP contribution in [0.15, 0.2) is 5.16 Å². The Hall–Kier alpha value is -1.79. The molecular weight excluding hydrogens is 236 g/mol. The summed E-state index contributed by atoms with van der Waals surface area (Å²) < 4.78 is 0. The van der Waals surface area contributed by atoms with E-state index in [4.69, 9.17) is 10.9 Å². The van der Waals surface area contributed by atoms with E-state index >= 15 is 0 Å². The maximum absolute atomic E-state index is 12.2. The number of piperazine rings is 1. The highest BCUT2D eigenvalue weighted by Crippen LogP contribution is 2.20. The predicted octanol–water partition coefficient (Wildman–Crippen LogP) is -0.550. The molecule has 7 heteroatoms. The lowest BCUT2D eigenvalue weighted by molar-refractivity contribution is -0.142. The van der Waals surface area contributed by atoms with Crippen LogP contribution in [0, 0.1) is 5.41 Å². The van der Waals surface area contributed by atoms with Crippen LogP contribution in [0.25, 0.3) is 0 Å². The molecule has 7 nitrogen and oxygen atoms in total. The van der Waals surface area contributed by atoms with Gasteiger partial charge in [0.2, 0.25) is 11.8 Å². The fourth-order valence-corrected chi connectivity index (χ4v) is 1.85.